The van der Waals surface area contributed by atoms with E-state index in [2.05, 4.69) is 19.2 Å². The highest BCUT2D eigenvalue weighted by Gasteiger charge is 2.36. The third-order valence-electron chi connectivity index (χ3n) is 3.42. The van der Waals surface area contributed by atoms with E-state index in [0.29, 0.717) is 11.5 Å². The first-order valence-electron chi connectivity index (χ1n) is 9.19. The van der Waals surface area contributed by atoms with Crippen molar-refractivity contribution >= 4 is 0 Å². The van der Waals surface area contributed by atoms with Crippen LogP contribution in [0.1, 0.15) is 93.9 Å². The number of hydrogen-bond donors (Lipinski definition) is 2. The lowest BCUT2D eigenvalue weighted by Crippen LogP contribution is -2.35. The Balaban J connectivity index is -0.000000275. The molecule has 1 aliphatic heterocycles. The molecular weight excluding hydrogens is 244 g/mol. The van der Waals surface area contributed by atoms with Crippen LogP contribution in [0, 0.1) is 5.41 Å². The summed E-state index contributed by atoms with van der Waals surface area (Å²) in [6.45, 7) is 18.7. The Morgan fingerprint density at radius 2 is 1.30 bits per heavy atom. The van der Waals surface area contributed by atoms with Gasteiger partial charge in [-0.3, -0.25) is 0 Å². The van der Waals surface area contributed by atoms with E-state index in [4.69, 9.17) is 5.73 Å². The van der Waals surface area contributed by atoms with Crippen LogP contribution in [0.3, 0.4) is 0 Å². The molecule has 0 atom stereocenters. The van der Waals surface area contributed by atoms with E-state index in [9.17, 15) is 0 Å². The molecule has 0 aromatic rings. The van der Waals surface area contributed by atoms with E-state index in [1.807, 2.05) is 41.5 Å². The molecule has 3 N–H and O–H groups in total. The highest BCUT2D eigenvalue weighted by molar-refractivity contribution is 4.92. The maximum Gasteiger partial charge on any atom is 0.00392 e. The lowest BCUT2D eigenvalue weighted by molar-refractivity contribution is 0.200. The zero-order chi connectivity index (χ0) is 16.4. The monoisotopic (exact) mass is 288 g/mol. The highest BCUT2D eigenvalue weighted by Crippen LogP contribution is 2.40. The van der Waals surface area contributed by atoms with Crippen LogP contribution in [0.4, 0.5) is 0 Å². The van der Waals surface area contributed by atoms with Gasteiger partial charge in [-0.15, -0.1) is 0 Å². The molecule has 1 saturated heterocycles. The topological polar surface area (TPSA) is 38.0 Å². The minimum absolute atomic E-state index is 0.501. The molecule has 0 unspecified atom stereocenters. The SMILES string of the molecule is CC.CC.CC.CCC.NC1CCC2(CCNC2)CC1. The van der Waals surface area contributed by atoms with E-state index in [1.165, 1.54) is 51.6 Å². The van der Waals surface area contributed by atoms with Gasteiger partial charge in [-0.2, -0.15) is 0 Å². The van der Waals surface area contributed by atoms with Gasteiger partial charge in [-0.25, -0.2) is 0 Å². The molecule has 1 heterocycles. The Hall–Kier alpha value is -0.0800. The third-order valence-corrected chi connectivity index (χ3v) is 3.42. The second-order valence-electron chi connectivity index (χ2n) is 4.97. The summed E-state index contributed by atoms with van der Waals surface area (Å²) in [6, 6.07) is 0.501. The van der Waals surface area contributed by atoms with E-state index in [-0.39, 0.29) is 0 Å². The molecule has 126 valence electrons. The van der Waals surface area contributed by atoms with Gasteiger partial charge < -0.3 is 11.1 Å². The molecular formula is C18H44N2. The minimum atomic E-state index is 0.501. The van der Waals surface area contributed by atoms with E-state index >= 15 is 0 Å². The first-order valence-corrected chi connectivity index (χ1v) is 9.19. The average Bonchev–Trinajstić information content (AvgIpc) is 2.98. The van der Waals surface area contributed by atoms with Crippen LogP contribution < -0.4 is 11.1 Å². The summed E-state index contributed by atoms with van der Waals surface area (Å²) in [7, 11) is 0. The number of rotatable bonds is 0. The van der Waals surface area contributed by atoms with Crippen LogP contribution in [-0.2, 0) is 0 Å². The standard InChI is InChI=1S/C9H18N2.C3H8.3C2H6/c10-8-1-3-9(4-2-8)5-6-11-7-9;1-3-2;3*1-2/h8,11H,1-7,10H2;3H2,1-2H3;3*1-2H3. The van der Waals surface area contributed by atoms with E-state index in [1.54, 1.807) is 0 Å². The van der Waals surface area contributed by atoms with Gasteiger partial charge in [0, 0.05) is 12.6 Å². The molecule has 2 rings (SSSR count). The van der Waals surface area contributed by atoms with E-state index < -0.39 is 0 Å². The summed E-state index contributed by atoms with van der Waals surface area (Å²) in [5, 5.41) is 3.46. The molecule has 0 aromatic heterocycles. The molecule has 2 aliphatic rings. The molecule has 2 heteroatoms. The minimum Gasteiger partial charge on any atom is -0.328 e. The maximum atomic E-state index is 5.87. The molecule has 0 radical (unpaired) electrons. The van der Waals surface area contributed by atoms with E-state index in [0.717, 1.165) is 0 Å². The van der Waals surface area contributed by atoms with Gasteiger partial charge in [0.05, 0.1) is 0 Å². The molecule has 1 aliphatic carbocycles. The van der Waals surface area contributed by atoms with Crippen molar-refractivity contribution in [2.24, 2.45) is 11.1 Å². The molecule has 1 saturated carbocycles. The fourth-order valence-corrected chi connectivity index (χ4v) is 2.47. The van der Waals surface area contributed by atoms with Crippen molar-refractivity contribution in [3.05, 3.63) is 0 Å². The summed E-state index contributed by atoms with van der Waals surface area (Å²) < 4.78 is 0. The zero-order valence-electron chi connectivity index (χ0n) is 15.8. The van der Waals surface area contributed by atoms with Crippen molar-refractivity contribution < 1.29 is 0 Å². The van der Waals surface area contributed by atoms with Crippen LogP contribution in [0.5, 0.6) is 0 Å². The van der Waals surface area contributed by atoms with Gasteiger partial charge in [0.2, 0.25) is 0 Å². The van der Waals surface area contributed by atoms with Gasteiger partial charge in [0.15, 0.2) is 0 Å². The largest absolute Gasteiger partial charge is 0.328 e. The summed E-state index contributed by atoms with van der Waals surface area (Å²) in [4.78, 5) is 0. The van der Waals surface area contributed by atoms with Crippen molar-refractivity contribution in [3.63, 3.8) is 0 Å². The van der Waals surface area contributed by atoms with Crippen molar-refractivity contribution in [2.45, 2.75) is 100.0 Å². The predicted molar refractivity (Wildman–Crippen MR) is 96.4 cm³/mol. The predicted octanol–water partition coefficient (Wildman–Crippen LogP) is 5.36. The number of nitrogens with one attached hydrogen (secondary N) is 1. The van der Waals surface area contributed by atoms with Gasteiger partial charge in [-0.05, 0) is 44.1 Å². The Labute approximate surface area is 130 Å². The van der Waals surface area contributed by atoms with Crippen LogP contribution in [0.2, 0.25) is 0 Å². The van der Waals surface area contributed by atoms with Crippen LogP contribution in [0.25, 0.3) is 0 Å². The summed E-state index contributed by atoms with van der Waals surface area (Å²) in [6.07, 6.45) is 7.87. The second kappa shape index (κ2) is 18.9. The smallest absolute Gasteiger partial charge is 0.00392 e. The van der Waals surface area contributed by atoms with Crippen molar-refractivity contribution in [1.29, 1.82) is 0 Å². The quantitative estimate of drug-likeness (QED) is 0.629. The van der Waals surface area contributed by atoms with Gasteiger partial charge in [-0.1, -0.05) is 61.8 Å². The van der Waals surface area contributed by atoms with Crippen LogP contribution in [-0.4, -0.2) is 19.1 Å². The molecule has 2 fully saturated rings. The first-order chi connectivity index (χ1) is 9.72. The Kier molecular flexibility index (Phi) is 23.6. The lowest BCUT2D eigenvalue weighted by Gasteiger charge is -2.35. The zero-order valence-corrected chi connectivity index (χ0v) is 15.8. The average molecular weight is 289 g/mol. The van der Waals surface area contributed by atoms with Crippen LogP contribution in [0.15, 0.2) is 0 Å². The van der Waals surface area contributed by atoms with Crippen molar-refractivity contribution in [2.75, 3.05) is 13.1 Å². The van der Waals surface area contributed by atoms with Crippen LogP contribution >= 0.6 is 0 Å². The molecule has 1 spiro atoms. The van der Waals surface area contributed by atoms with Gasteiger partial charge in [0.25, 0.3) is 0 Å². The Morgan fingerprint density at radius 1 is 0.900 bits per heavy atom. The molecule has 0 aromatic carbocycles. The lowest BCUT2D eigenvalue weighted by atomic mass is 9.72. The third kappa shape index (κ3) is 11.7. The number of nitrogens with two attached hydrogens (primary N) is 1. The fourth-order valence-electron chi connectivity index (χ4n) is 2.47. The van der Waals surface area contributed by atoms with Gasteiger partial charge >= 0.3 is 0 Å². The first kappa shape index (κ1) is 24.9. The van der Waals surface area contributed by atoms with Crippen molar-refractivity contribution in [3.8, 4) is 0 Å². The highest BCUT2D eigenvalue weighted by atomic mass is 14.9. The summed E-state index contributed by atoms with van der Waals surface area (Å²) in [5.74, 6) is 0. The molecule has 20 heavy (non-hydrogen) atoms. The normalized spacial score (nSPS) is 26.6. The second-order valence-corrected chi connectivity index (χ2v) is 4.97. The number of hydrogen-bond acceptors (Lipinski definition) is 2. The maximum absolute atomic E-state index is 5.87. The summed E-state index contributed by atoms with van der Waals surface area (Å²) in [5.41, 5.74) is 6.53. The fraction of sp³-hybridized carbons (Fsp3) is 1.00. The van der Waals surface area contributed by atoms with Gasteiger partial charge in [0.1, 0.15) is 0 Å². The molecule has 0 amide bonds. The molecule has 0 bridgehead atoms. The molecule has 2 nitrogen and oxygen atoms in total. The van der Waals surface area contributed by atoms with Crippen molar-refractivity contribution in [1.82, 2.24) is 5.32 Å². The Morgan fingerprint density at radius 3 is 1.60 bits per heavy atom. The Bertz CT molecular complexity index is 141. The summed E-state index contributed by atoms with van der Waals surface area (Å²) >= 11 is 0.